The molecule has 0 unspecified atom stereocenters. The third-order valence-electron chi connectivity index (χ3n) is 5.15. The average molecular weight is 437 g/mol. The van der Waals surface area contributed by atoms with Crippen LogP contribution in [0.15, 0.2) is 61.1 Å². The second-order valence-corrected chi connectivity index (χ2v) is 7.29. The van der Waals surface area contributed by atoms with Crippen molar-refractivity contribution in [3.05, 3.63) is 89.5 Å². The van der Waals surface area contributed by atoms with Crippen molar-refractivity contribution in [2.45, 2.75) is 20.0 Å². The van der Waals surface area contributed by atoms with Gasteiger partial charge in [0.15, 0.2) is 5.82 Å². The minimum atomic E-state index is -0.436. The van der Waals surface area contributed by atoms with Gasteiger partial charge < -0.3 is 10.6 Å². The molecule has 0 fully saturated rings. The molecule has 0 aliphatic rings. The number of aromatic amines is 1. The van der Waals surface area contributed by atoms with Crippen molar-refractivity contribution >= 4 is 11.6 Å². The van der Waals surface area contributed by atoms with Crippen LogP contribution < -0.4 is 15.2 Å². The number of pyridine rings is 2. The van der Waals surface area contributed by atoms with Crippen LogP contribution in [0.4, 0.5) is 10.1 Å². The van der Waals surface area contributed by atoms with E-state index in [4.69, 9.17) is 0 Å². The fourth-order valence-electron chi connectivity index (χ4n) is 3.28. The van der Waals surface area contributed by atoms with Crippen molar-refractivity contribution in [3.63, 3.8) is 0 Å². The smallest absolute Gasteiger partial charge is 0.311 e. The SMILES string of the molecule is Cc1cccnc1CNC(=O)c1cccc(NCc2[nH]nc(-c3ccncc3F)[n+]2C)c1.[HH].[HH]. The third kappa shape index (κ3) is 4.61. The van der Waals surface area contributed by atoms with Crippen LogP contribution in [0, 0.1) is 12.7 Å². The van der Waals surface area contributed by atoms with Gasteiger partial charge >= 0.3 is 5.82 Å². The molecular weight excluding hydrogens is 409 g/mol. The first-order valence-electron chi connectivity index (χ1n) is 10.1. The summed E-state index contributed by atoms with van der Waals surface area (Å²) in [6.07, 6.45) is 4.40. The molecule has 4 aromatic rings. The molecule has 3 N–H and O–H groups in total. The Morgan fingerprint density at radius 1 is 1.19 bits per heavy atom. The van der Waals surface area contributed by atoms with E-state index < -0.39 is 5.82 Å². The number of anilines is 1. The third-order valence-corrected chi connectivity index (χ3v) is 5.15. The molecule has 1 aromatic carbocycles. The second kappa shape index (κ2) is 9.34. The van der Waals surface area contributed by atoms with Gasteiger partial charge in [0.25, 0.3) is 11.7 Å². The second-order valence-electron chi connectivity index (χ2n) is 7.29. The Morgan fingerprint density at radius 3 is 2.88 bits per heavy atom. The summed E-state index contributed by atoms with van der Waals surface area (Å²) >= 11 is 0. The van der Waals surface area contributed by atoms with Gasteiger partial charge in [-0.25, -0.2) is 8.96 Å². The fourth-order valence-corrected chi connectivity index (χ4v) is 3.28. The number of aromatic nitrogens is 5. The summed E-state index contributed by atoms with van der Waals surface area (Å²) in [4.78, 5) is 20.6. The molecule has 3 aromatic heterocycles. The zero-order valence-corrected chi connectivity index (χ0v) is 17.8. The minimum Gasteiger partial charge on any atom is -0.375 e. The number of aryl methyl sites for hydroxylation is 1. The molecule has 0 saturated heterocycles. The number of rotatable bonds is 7. The molecule has 0 bridgehead atoms. The topological polar surface area (TPSA) is 99.5 Å². The molecule has 0 spiro atoms. The standard InChI is InChI=1S/C23H22FN7O.2H2/c1-15-5-4-9-26-20(15)13-28-23(32)16-6-3-7-17(11-16)27-14-21-29-30-22(31(21)2)18-8-10-25-12-19(18)24;;/h3-12,27H,13-14H2,1-2H3,(H,28,32);2*1H/p+1. The van der Waals surface area contributed by atoms with E-state index in [0.29, 0.717) is 30.0 Å². The molecule has 0 aliphatic carbocycles. The molecule has 166 valence electrons. The normalized spacial score (nSPS) is 10.7. The van der Waals surface area contributed by atoms with Gasteiger partial charge in [-0.15, -0.1) is 5.10 Å². The first-order chi connectivity index (χ1) is 15.5. The van der Waals surface area contributed by atoms with E-state index in [1.165, 1.54) is 6.20 Å². The zero-order chi connectivity index (χ0) is 22.5. The first kappa shape index (κ1) is 21.1. The van der Waals surface area contributed by atoms with Crippen molar-refractivity contribution < 1.29 is 16.6 Å². The Morgan fingerprint density at radius 2 is 2.06 bits per heavy atom. The predicted molar refractivity (Wildman–Crippen MR) is 121 cm³/mol. The van der Waals surface area contributed by atoms with Crippen molar-refractivity contribution in [1.82, 2.24) is 25.5 Å². The van der Waals surface area contributed by atoms with Crippen LogP contribution in [0.2, 0.25) is 0 Å². The van der Waals surface area contributed by atoms with E-state index in [1.807, 2.05) is 31.2 Å². The molecule has 0 saturated carbocycles. The summed E-state index contributed by atoms with van der Waals surface area (Å²) in [6.45, 7) is 2.73. The van der Waals surface area contributed by atoms with E-state index in [-0.39, 0.29) is 8.76 Å². The maximum absolute atomic E-state index is 14.0. The van der Waals surface area contributed by atoms with Crippen LogP contribution in [-0.2, 0) is 20.1 Å². The highest BCUT2D eigenvalue weighted by Gasteiger charge is 2.21. The highest BCUT2D eigenvalue weighted by atomic mass is 19.1. The van der Waals surface area contributed by atoms with E-state index in [0.717, 1.165) is 29.0 Å². The number of nitrogens with zero attached hydrogens (tertiary/aromatic N) is 4. The minimum absolute atomic E-state index is 0. The molecule has 4 rings (SSSR count). The predicted octanol–water partition coefficient (Wildman–Crippen LogP) is 3.17. The van der Waals surface area contributed by atoms with Gasteiger partial charge in [0.05, 0.1) is 31.0 Å². The Hall–Kier alpha value is -4.14. The van der Waals surface area contributed by atoms with Crippen molar-refractivity contribution in [1.29, 1.82) is 0 Å². The van der Waals surface area contributed by atoms with Gasteiger partial charge in [0.2, 0.25) is 0 Å². The van der Waals surface area contributed by atoms with E-state index in [2.05, 4.69) is 30.8 Å². The highest BCUT2D eigenvalue weighted by molar-refractivity contribution is 5.95. The van der Waals surface area contributed by atoms with Crippen LogP contribution >= 0.6 is 0 Å². The van der Waals surface area contributed by atoms with Crippen LogP contribution in [0.5, 0.6) is 0 Å². The fraction of sp³-hybridized carbons (Fsp3) is 0.174. The lowest BCUT2D eigenvalue weighted by Crippen LogP contribution is -2.35. The first-order valence-corrected chi connectivity index (χ1v) is 10.1. The lowest BCUT2D eigenvalue weighted by molar-refractivity contribution is -0.668. The molecule has 3 heterocycles. The van der Waals surface area contributed by atoms with E-state index in [1.54, 1.807) is 36.0 Å². The highest BCUT2D eigenvalue weighted by Crippen LogP contribution is 2.16. The lowest BCUT2D eigenvalue weighted by atomic mass is 10.1. The van der Waals surface area contributed by atoms with Gasteiger partial charge in [0.1, 0.15) is 6.54 Å². The number of nitrogens with one attached hydrogen (secondary N) is 3. The molecule has 0 radical (unpaired) electrons. The summed E-state index contributed by atoms with van der Waals surface area (Å²) < 4.78 is 15.8. The number of amides is 1. The summed E-state index contributed by atoms with van der Waals surface area (Å²) in [5, 5.41) is 13.3. The van der Waals surface area contributed by atoms with Crippen molar-refractivity contribution in [3.8, 4) is 11.4 Å². The Bertz CT molecular complexity index is 1270. The monoisotopic (exact) mass is 436 g/mol. The van der Waals surface area contributed by atoms with Crippen LogP contribution in [0.25, 0.3) is 11.4 Å². The number of hydrogen-bond donors (Lipinski definition) is 3. The Kier molecular flexibility index (Phi) is 6.16. The molecule has 32 heavy (non-hydrogen) atoms. The number of hydrogen-bond acceptors (Lipinski definition) is 5. The average Bonchev–Trinajstić information content (AvgIpc) is 3.17. The van der Waals surface area contributed by atoms with Crippen LogP contribution in [0.1, 0.15) is 30.3 Å². The van der Waals surface area contributed by atoms with Gasteiger partial charge in [-0.05, 0) is 42.8 Å². The van der Waals surface area contributed by atoms with Crippen molar-refractivity contribution in [2.75, 3.05) is 5.32 Å². The van der Waals surface area contributed by atoms with Crippen molar-refractivity contribution in [2.24, 2.45) is 7.05 Å². The molecule has 0 atom stereocenters. The summed E-state index contributed by atoms with van der Waals surface area (Å²) in [6, 6.07) is 12.6. The number of carbonyl (C=O) groups excluding carboxylic acids is 1. The Labute approximate surface area is 187 Å². The Balaban J connectivity index is 0.00000204. The van der Waals surface area contributed by atoms with E-state index >= 15 is 0 Å². The quantitative estimate of drug-likeness (QED) is 0.387. The lowest BCUT2D eigenvalue weighted by Gasteiger charge is -2.09. The summed E-state index contributed by atoms with van der Waals surface area (Å²) in [7, 11) is 1.80. The number of carbonyl (C=O) groups is 1. The summed E-state index contributed by atoms with van der Waals surface area (Å²) in [5.41, 5.74) is 3.55. The van der Waals surface area contributed by atoms with E-state index in [9.17, 15) is 9.18 Å². The molecular formula is C23H27FN7O+. The van der Waals surface area contributed by atoms with Crippen LogP contribution in [-0.4, -0.2) is 26.1 Å². The molecule has 8 nitrogen and oxygen atoms in total. The largest absolute Gasteiger partial charge is 0.375 e. The van der Waals surface area contributed by atoms with Gasteiger partial charge in [-0.3, -0.25) is 14.8 Å². The van der Waals surface area contributed by atoms with Gasteiger partial charge in [-0.2, -0.15) is 0 Å². The zero-order valence-electron chi connectivity index (χ0n) is 17.8. The molecule has 1 amide bonds. The molecule has 9 heteroatoms. The molecule has 0 aliphatic heterocycles. The number of benzene rings is 1. The summed E-state index contributed by atoms with van der Waals surface area (Å²) in [5.74, 6) is 0.603. The van der Waals surface area contributed by atoms with Gasteiger partial charge in [0, 0.05) is 31.6 Å². The maximum Gasteiger partial charge on any atom is 0.311 e. The number of H-pyrrole nitrogens is 1. The number of halogens is 1. The van der Waals surface area contributed by atoms with Gasteiger partial charge in [-0.1, -0.05) is 12.1 Å². The van der Waals surface area contributed by atoms with Crippen LogP contribution in [0.3, 0.4) is 0 Å². The maximum atomic E-state index is 14.0.